The zero-order valence-corrected chi connectivity index (χ0v) is 19.4. The van der Waals surface area contributed by atoms with E-state index >= 15 is 0 Å². The Balaban J connectivity index is 1.39. The smallest absolute Gasteiger partial charge is 0.272 e. The molecule has 3 aromatic carbocycles. The van der Waals surface area contributed by atoms with Crippen LogP contribution in [0.4, 0.5) is 5.69 Å². The number of aromatic nitrogens is 1. The second-order valence-electron chi connectivity index (χ2n) is 6.95. The van der Waals surface area contributed by atoms with Gasteiger partial charge < -0.3 is 0 Å². The number of thioether (sulfide) groups is 1. The van der Waals surface area contributed by atoms with E-state index in [0.29, 0.717) is 11.3 Å². The summed E-state index contributed by atoms with van der Waals surface area (Å²) in [7, 11) is -3.73. The molecule has 11 heteroatoms. The van der Waals surface area contributed by atoms with Gasteiger partial charge in [-0.15, -0.1) is 21.6 Å². The van der Waals surface area contributed by atoms with Crippen molar-refractivity contribution in [3.05, 3.63) is 95.9 Å². The maximum atomic E-state index is 12.7. The highest BCUT2D eigenvalue weighted by atomic mass is 32.2. The zero-order chi connectivity index (χ0) is 22.7. The van der Waals surface area contributed by atoms with Crippen LogP contribution in [0.2, 0.25) is 0 Å². The summed E-state index contributed by atoms with van der Waals surface area (Å²) < 4.78 is 28.8. The first-order chi connectivity index (χ1) is 16.0. The van der Waals surface area contributed by atoms with Crippen molar-refractivity contribution in [2.75, 3.05) is 4.72 Å². The number of thiazole rings is 1. The summed E-state index contributed by atoms with van der Waals surface area (Å²) in [5.41, 5.74) is 3.01. The van der Waals surface area contributed by atoms with E-state index in [-0.39, 0.29) is 4.90 Å². The first kappa shape index (κ1) is 21.4. The summed E-state index contributed by atoms with van der Waals surface area (Å²) in [5.74, 6) is 0. The maximum Gasteiger partial charge on any atom is 0.272 e. The van der Waals surface area contributed by atoms with Crippen LogP contribution in [0.1, 0.15) is 5.56 Å². The molecular weight excluding hydrogens is 476 g/mol. The van der Waals surface area contributed by atoms with Crippen molar-refractivity contribution >= 4 is 38.8 Å². The fourth-order valence-corrected chi connectivity index (χ4v) is 6.23. The minimum Gasteiger partial charge on any atom is -0.280 e. The highest BCUT2D eigenvalue weighted by Gasteiger charge is 2.38. The zero-order valence-electron chi connectivity index (χ0n) is 16.9. The first-order valence-electron chi connectivity index (χ1n) is 9.77. The van der Waals surface area contributed by atoms with Gasteiger partial charge in [0, 0.05) is 22.2 Å². The van der Waals surface area contributed by atoms with Crippen LogP contribution < -0.4 is 4.72 Å². The van der Waals surface area contributed by atoms with E-state index in [2.05, 4.69) is 25.4 Å². The predicted molar refractivity (Wildman–Crippen MR) is 128 cm³/mol. The Morgan fingerprint density at radius 3 is 2.12 bits per heavy atom. The lowest BCUT2D eigenvalue weighted by Crippen LogP contribution is -2.16. The van der Waals surface area contributed by atoms with Gasteiger partial charge in [0.05, 0.1) is 10.6 Å². The molecule has 5 rings (SSSR count). The lowest BCUT2D eigenvalue weighted by molar-refractivity contribution is 0.601. The van der Waals surface area contributed by atoms with Crippen LogP contribution in [0.25, 0.3) is 11.3 Å². The topological polar surface area (TPSA) is 108 Å². The van der Waals surface area contributed by atoms with Crippen molar-refractivity contribution in [1.29, 1.82) is 0 Å². The summed E-state index contributed by atoms with van der Waals surface area (Å²) in [5, 5.41) is 17.9. The highest BCUT2D eigenvalue weighted by Crippen LogP contribution is 2.48. The van der Waals surface area contributed by atoms with Gasteiger partial charge in [-0.2, -0.15) is 0 Å². The summed E-state index contributed by atoms with van der Waals surface area (Å²) >= 11 is 2.78. The first-order valence-corrected chi connectivity index (χ1v) is 12.9. The normalized spacial score (nSPS) is 14.4. The quantitative estimate of drug-likeness (QED) is 0.324. The van der Waals surface area contributed by atoms with Crippen LogP contribution in [0.3, 0.4) is 0 Å². The van der Waals surface area contributed by atoms with E-state index in [4.69, 9.17) is 4.98 Å². The lowest BCUT2D eigenvalue weighted by Gasteiger charge is -2.18. The Morgan fingerprint density at radius 2 is 1.45 bits per heavy atom. The number of para-hydroxylation sites is 1. The third-order valence-electron chi connectivity index (χ3n) is 4.75. The van der Waals surface area contributed by atoms with Gasteiger partial charge in [-0.3, -0.25) is 4.72 Å². The Kier molecular flexibility index (Phi) is 5.75. The van der Waals surface area contributed by atoms with Gasteiger partial charge in [0.25, 0.3) is 15.0 Å². The Bertz CT molecular complexity index is 1410. The average Bonchev–Trinajstić information content (AvgIpc) is 3.51. The van der Waals surface area contributed by atoms with E-state index < -0.39 is 15.0 Å². The van der Waals surface area contributed by atoms with Gasteiger partial charge in [-0.1, -0.05) is 60.7 Å². The van der Waals surface area contributed by atoms with Gasteiger partial charge in [-0.25, -0.2) is 13.4 Å². The SMILES string of the molecule is O=S(=O)(Nc1ccccc1)c1ccc(C2(Sc3nc(-c4ccccc4)cs3)N=NN=N2)cc1. The standard InChI is InChI=1S/C22H16N6O2S3/c29-33(30,24-18-9-5-2-6-10-18)19-13-11-17(12-14-19)22(25-27-28-26-22)32-21-23-20(15-31-21)16-7-3-1-4-8-16/h1-15,24H. The van der Waals surface area contributed by atoms with Gasteiger partial charge in [0.1, 0.15) is 0 Å². The summed E-state index contributed by atoms with van der Waals surface area (Å²) in [4.78, 5) is 3.67. The Hall–Kier alpha value is -3.41. The number of hydrogen-bond donors (Lipinski definition) is 1. The molecule has 0 saturated heterocycles. The minimum atomic E-state index is -3.73. The molecule has 8 nitrogen and oxygen atoms in total. The van der Waals surface area contributed by atoms with Crippen LogP contribution in [0.15, 0.2) is 120 Å². The molecule has 0 amide bonds. The van der Waals surface area contributed by atoms with Gasteiger partial charge in [0.2, 0.25) is 0 Å². The molecule has 0 radical (unpaired) electrons. The van der Waals surface area contributed by atoms with Crippen LogP contribution in [0, 0.1) is 0 Å². The molecule has 1 aliphatic rings. The molecule has 0 saturated carbocycles. The second kappa shape index (κ2) is 8.85. The monoisotopic (exact) mass is 492 g/mol. The third kappa shape index (κ3) is 4.56. The summed E-state index contributed by atoms with van der Waals surface area (Å²) in [6, 6.07) is 25.0. The number of benzene rings is 3. The molecule has 0 spiro atoms. The van der Waals surface area contributed by atoms with Gasteiger partial charge in [0.15, 0.2) is 4.34 Å². The van der Waals surface area contributed by atoms with Crippen molar-refractivity contribution in [2.24, 2.45) is 20.7 Å². The molecule has 1 N–H and O–H groups in total. The third-order valence-corrected chi connectivity index (χ3v) is 8.27. The fraction of sp³-hybridized carbons (Fsp3) is 0.0455. The molecule has 0 unspecified atom stereocenters. The van der Waals surface area contributed by atoms with Crippen molar-refractivity contribution in [1.82, 2.24) is 4.98 Å². The Morgan fingerprint density at radius 1 is 0.818 bits per heavy atom. The molecule has 0 bridgehead atoms. The number of hydrogen-bond acceptors (Lipinski definition) is 9. The molecule has 0 aliphatic carbocycles. The molecule has 2 heterocycles. The van der Waals surface area contributed by atoms with E-state index in [1.54, 1.807) is 36.4 Å². The molecular formula is C22H16N6O2S3. The number of anilines is 1. The largest absolute Gasteiger partial charge is 0.280 e. The number of rotatable bonds is 7. The maximum absolute atomic E-state index is 12.7. The molecule has 164 valence electrons. The number of nitrogens with one attached hydrogen (secondary N) is 1. The molecule has 1 aromatic heterocycles. The van der Waals surface area contributed by atoms with Crippen LogP contribution in [-0.4, -0.2) is 13.4 Å². The Labute approximate surface area is 198 Å². The van der Waals surface area contributed by atoms with Crippen LogP contribution in [0.5, 0.6) is 0 Å². The molecule has 4 aromatic rings. The predicted octanol–water partition coefficient (Wildman–Crippen LogP) is 6.35. The molecule has 0 atom stereocenters. The van der Waals surface area contributed by atoms with E-state index in [9.17, 15) is 8.42 Å². The molecule has 33 heavy (non-hydrogen) atoms. The van der Waals surface area contributed by atoms with Crippen molar-refractivity contribution < 1.29 is 8.42 Å². The van der Waals surface area contributed by atoms with Gasteiger partial charge in [-0.05, 0) is 46.5 Å². The van der Waals surface area contributed by atoms with Crippen molar-refractivity contribution in [3.63, 3.8) is 0 Å². The van der Waals surface area contributed by atoms with E-state index in [0.717, 1.165) is 15.6 Å². The second-order valence-corrected chi connectivity index (χ2v) is 10.9. The average molecular weight is 493 g/mol. The van der Waals surface area contributed by atoms with E-state index in [1.165, 1.54) is 35.2 Å². The summed E-state index contributed by atoms with van der Waals surface area (Å²) in [6.07, 6.45) is 0. The summed E-state index contributed by atoms with van der Waals surface area (Å²) in [6.45, 7) is 0. The van der Waals surface area contributed by atoms with Crippen molar-refractivity contribution in [2.45, 2.75) is 14.2 Å². The number of nitrogens with zero attached hydrogens (tertiary/aromatic N) is 5. The highest BCUT2D eigenvalue weighted by molar-refractivity contribution is 8.01. The molecule has 0 fully saturated rings. The van der Waals surface area contributed by atoms with Crippen molar-refractivity contribution in [3.8, 4) is 11.3 Å². The van der Waals surface area contributed by atoms with Crippen LogP contribution in [-0.2, 0) is 15.0 Å². The molecule has 1 aliphatic heterocycles. The lowest BCUT2D eigenvalue weighted by atomic mass is 10.2. The minimum absolute atomic E-state index is 0.128. The van der Waals surface area contributed by atoms with Crippen LogP contribution >= 0.6 is 23.1 Å². The fourth-order valence-electron chi connectivity index (χ4n) is 3.14. The van der Waals surface area contributed by atoms with Gasteiger partial charge >= 0.3 is 0 Å². The van der Waals surface area contributed by atoms with E-state index in [1.807, 2.05) is 41.8 Å². The number of sulfonamides is 1.